The molecule has 1 aromatic carbocycles. The second-order valence-electron chi connectivity index (χ2n) is 5.54. The van der Waals surface area contributed by atoms with E-state index in [0.29, 0.717) is 27.2 Å². The van der Waals surface area contributed by atoms with Crippen LogP contribution in [0.5, 0.6) is 0 Å². The first-order chi connectivity index (χ1) is 14.3. The highest BCUT2D eigenvalue weighted by Gasteiger charge is 2.39. The van der Waals surface area contributed by atoms with E-state index in [4.69, 9.17) is 0 Å². The highest BCUT2D eigenvalue weighted by molar-refractivity contribution is 5.59. The number of hydrogen-bond acceptors (Lipinski definition) is 12. The van der Waals surface area contributed by atoms with Crippen molar-refractivity contribution < 1.29 is 29.9 Å². The summed E-state index contributed by atoms with van der Waals surface area (Å²) < 4.78 is 0. The molecule has 0 aliphatic carbocycles. The zero-order valence-corrected chi connectivity index (χ0v) is 15.2. The number of benzene rings is 1. The second-order valence-corrected chi connectivity index (χ2v) is 5.54. The van der Waals surface area contributed by atoms with E-state index < -0.39 is 66.9 Å². The molecule has 0 bridgehead atoms. The van der Waals surface area contributed by atoms with Crippen LogP contribution in [0.2, 0.25) is 0 Å². The van der Waals surface area contributed by atoms with Gasteiger partial charge in [0.15, 0.2) is 15.1 Å². The monoisotopic (exact) mass is 449 g/mol. The van der Waals surface area contributed by atoms with E-state index in [1.165, 1.54) is 6.92 Å². The van der Waals surface area contributed by atoms with Gasteiger partial charge in [0.25, 0.3) is 17.1 Å². The maximum atomic E-state index is 10.5. The van der Waals surface area contributed by atoms with Gasteiger partial charge in [0.05, 0.1) is 26.9 Å². The lowest BCUT2D eigenvalue weighted by molar-refractivity contribution is -0.775. The van der Waals surface area contributed by atoms with Crippen molar-refractivity contribution in [2.75, 3.05) is 20.0 Å². The van der Waals surface area contributed by atoms with Gasteiger partial charge in [-0.25, -0.2) is 30.3 Å². The van der Waals surface area contributed by atoms with Crippen LogP contribution in [0.3, 0.4) is 0 Å². The summed E-state index contributed by atoms with van der Waals surface area (Å²) in [5, 5.41) is 60.8. The molecular weight excluding hydrogens is 438 g/mol. The summed E-state index contributed by atoms with van der Waals surface area (Å²) in [5.41, 5.74) is -2.16. The summed E-state index contributed by atoms with van der Waals surface area (Å²) in [6, 6.07) is 1.39. The van der Waals surface area contributed by atoms with Gasteiger partial charge >= 0.3 is 0 Å². The molecule has 0 amide bonds. The van der Waals surface area contributed by atoms with Gasteiger partial charge in [-0.3, -0.25) is 30.3 Å². The molecule has 21 nitrogen and oxygen atoms in total. The predicted octanol–water partition coefficient (Wildman–Crippen LogP) is 0.0732. The van der Waals surface area contributed by atoms with Crippen molar-refractivity contribution in [3.05, 3.63) is 78.4 Å². The smallest absolute Gasteiger partial charge is 0.258 e. The van der Waals surface area contributed by atoms with Crippen LogP contribution in [0, 0.1) is 67.6 Å². The third kappa shape index (κ3) is 6.00. The number of nitrogens with zero attached hydrogens (tertiary/aromatic N) is 9. The molecule has 1 saturated heterocycles. The zero-order chi connectivity index (χ0) is 24.0. The molecular formula is C10H11N9O12. The molecule has 2 rings (SSSR count). The summed E-state index contributed by atoms with van der Waals surface area (Å²) in [5.74, 6) is 0. The van der Waals surface area contributed by atoms with Crippen molar-refractivity contribution in [1.82, 2.24) is 15.0 Å². The van der Waals surface area contributed by atoms with E-state index >= 15 is 0 Å². The molecule has 1 heterocycles. The average Bonchev–Trinajstić information content (AvgIpc) is 2.67. The minimum Gasteiger partial charge on any atom is -0.258 e. The zero-order valence-electron chi connectivity index (χ0n) is 15.2. The third-order valence-electron chi connectivity index (χ3n) is 3.61. The van der Waals surface area contributed by atoms with Crippen LogP contribution in [-0.4, -0.2) is 64.9 Å². The molecule has 0 atom stereocenters. The Morgan fingerprint density at radius 2 is 0.903 bits per heavy atom. The Morgan fingerprint density at radius 3 is 1.10 bits per heavy atom. The Labute approximate surface area is 168 Å². The highest BCUT2D eigenvalue weighted by atomic mass is 16.7. The Hall–Kier alpha value is -4.98. The molecule has 1 fully saturated rings. The van der Waals surface area contributed by atoms with Gasteiger partial charge in [-0.15, -0.1) is 0 Å². The quantitative estimate of drug-likeness (QED) is 0.410. The molecule has 1 aliphatic rings. The number of rotatable bonds is 6. The molecule has 1 aromatic rings. The predicted molar refractivity (Wildman–Crippen MR) is 92.2 cm³/mol. The summed E-state index contributed by atoms with van der Waals surface area (Å²) in [6.45, 7) is -0.612. The summed E-state index contributed by atoms with van der Waals surface area (Å²) in [4.78, 5) is 59.8. The van der Waals surface area contributed by atoms with Gasteiger partial charge in [0, 0.05) is 0 Å². The average molecular weight is 449 g/mol. The van der Waals surface area contributed by atoms with E-state index in [9.17, 15) is 60.7 Å². The van der Waals surface area contributed by atoms with E-state index in [1.54, 1.807) is 0 Å². The molecule has 0 radical (unpaired) electrons. The van der Waals surface area contributed by atoms with Crippen LogP contribution in [0.1, 0.15) is 5.56 Å². The van der Waals surface area contributed by atoms with Crippen molar-refractivity contribution >= 4 is 17.1 Å². The molecule has 0 aromatic heterocycles. The Kier molecular flexibility index (Phi) is 7.36. The van der Waals surface area contributed by atoms with E-state index in [2.05, 4.69) is 0 Å². The third-order valence-corrected chi connectivity index (χ3v) is 3.61. The standard InChI is InChI=1S/C7H5N3O6.C3H6N6O6/c1-4-6(9(13)14)2-5(8(11)12)3-7(4)10(15)16;10-7(11)4-1-5(8(12)13)3-6(2-4)9(14)15/h2-3H,1H3;1-3H2. The highest BCUT2D eigenvalue weighted by Crippen LogP contribution is 2.32. The first kappa shape index (κ1) is 24.1. The van der Waals surface area contributed by atoms with Crippen molar-refractivity contribution in [2.24, 2.45) is 0 Å². The van der Waals surface area contributed by atoms with Crippen molar-refractivity contribution in [3.8, 4) is 0 Å². The number of hydrazine groups is 3. The summed E-state index contributed by atoms with van der Waals surface area (Å²) in [6.07, 6.45) is 0. The Bertz CT molecular complexity index is 862. The SMILES string of the molecule is Cc1c([N+](=O)[O-])cc([N+](=O)[O-])cc1[N+](=O)[O-].O=[N+]([O-])N1CN([N+](=O)[O-])CN([N+](=O)[O-])C1. The van der Waals surface area contributed by atoms with Crippen molar-refractivity contribution in [2.45, 2.75) is 6.92 Å². The van der Waals surface area contributed by atoms with Gasteiger partial charge < -0.3 is 0 Å². The fourth-order valence-electron chi connectivity index (χ4n) is 2.16. The van der Waals surface area contributed by atoms with Gasteiger partial charge in [-0.2, -0.15) is 0 Å². The van der Waals surface area contributed by atoms with E-state index in [1.807, 2.05) is 0 Å². The maximum absolute atomic E-state index is 10.5. The normalized spacial score (nSPS) is 13.0. The van der Waals surface area contributed by atoms with Crippen LogP contribution in [0.4, 0.5) is 17.1 Å². The summed E-state index contributed by atoms with van der Waals surface area (Å²) in [7, 11) is 0. The minimum atomic E-state index is -0.924. The number of non-ortho nitro benzene ring substituents is 1. The second kappa shape index (κ2) is 9.48. The number of nitro groups is 6. The van der Waals surface area contributed by atoms with Gasteiger partial charge in [0.2, 0.25) is 20.0 Å². The van der Waals surface area contributed by atoms with E-state index in [-0.39, 0.29) is 5.56 Å². The molecule has 0 N–H and O–H groups in total. The van der Waals surface area contributed by atoms with Crippen LogP contribution < -0.4 is 0 Å². The number of nitro benzene ring substituents is 3. The molecule has 21 heteroatoms. The lowest BCUT2D eigenvalue weighted by atomic mass is 10.1. The molecule has 168 valence electrons. The Morgan fingerprint density at radius 1 is 0.613 bits per heavy atom. The summed E-state index contributed by atoms with van der Waals surface area (Å²) >= 11 is 0. The van der Waals surface area contributed by atoms with Gasteiger partial charge in [-0.05, 0) is 6.92 Å². The minimum absolute atomic E-state index is 0.208. The molecule has 31 heavy (non-hydrogen) atoms. The van der Waals surface area contributed by atoms with Crippen LogP contribution >= 0.6 is 0 Å². The van der Waals surface area contributed by atoms with Gasteiger partial charge in [-0.1, -0.05) is 15.0 Å². The van der Waals surface area contributed by atoms with Crippen LogP contribution in [0.15, 0.2) is 12.1 Å². The first-order valence-electron chi connectivity index (χ1n) is 7.51. The number of hydrogen-bond donors (Lipinski definition) is 0. The molecule has 1 aliphatic heterocycles. The van der Waals surface area contributed by atoms with E-state index in [0.717, 1.165) is 0 Å². The molecule has 0 saturated carbocycles. The van der Waals surface area contributed by atoms with Crippen molar-refractivity contribution in [3.63, 3.8) is 0 Å². The topological polar surface area (TPSA) is 269 Å². The molecule has 0 unspecified atom stereocenters. The van der Waals surface area contributed by atoms with Crippen molar-refractivity contribution in [1.29, 1.82) is 0 Å². The fourth-order valence-corrected chi connectivity index (χ4v) is 2.16. The fraction of sp³-hybridized carbons (Fsp3) is 0.400. The molecule has 0 spiro atoms. The van der Waals surface area contributed by atoms with Crippen LogP contribution in [-0.2, 0) is 0 Å². The lowest BCUT2D eigenvalue weighted by Crippen LogP contribution is -2.59. The maximum Gasteiger partial charge on any atom is 0.286 e. The largest absolute Gasteiger partial charge is 0.286 e. The van der Waals surface area contributed by atoms with Gasteiger partial charge in [0.1, 0.15) is 5.56 Å². The lowest BCUT2D eigenvalue weighted by Gasteiger charge is -2.27. The first-order valence-corrected chi connectivity index (χ1v) is 7.51. The van der Waals surface area contributed by atoms with Crippen LogP contribution in [0.25, 0.3) is 0 Å². The Balaban J connectivity index is 0.000000311.